The van der Waals surface area contributed by atoms with Crippen molar-refractivity contribution in [3.8, 4) is 11.5 Å². The van der Waals surface area contributed by atoms with Crippen molar-refractivity contribution in [3.05, 3.63) is 59.4 Å². The first kappa shape index (κ1) is 20.9. The normalized spacial score (nSPS) is 14.3. The number of hydrogen-bond acceptors (Lipinski definition) is 4. The Morgan fingerprint density at radius 2 is 1.41 bits per heavy atom. The molecule has 0 radical (unpaired) electrons. The molecule has 0 heterocycles. The van der Waals surface area contributed by atoms with Gasteiger partial charge in [0.25, 0.3) is 0 Å². The lowest BCUT2D eigenvalue weighted by Crippen LogP contribution is -2.33. The van der Waals surface area contributed by atoms with Crippen molar-refractivity contribution < 1.29 is 40.4 Å². The third kappa shape index (κ3) is 4.64. The standard InChI is InChI=1S/C16H13F5NO4P/c1-8(9(2)23)22-27(24,25-10-6-4-3-5-7-10)26-16-14(20)12(18)11(17)13(19)15(16)21/h3-8H,1-2H3,(H,22,24)/t8-,27-/m0/s1. The Morgan fingerprint density at radius 1 is 0.926 bits per heavy atom. The Bertz CT molecular complexity index is 880. The summed E-state index contributed by atoms with van der Waals surface area (Å²) in [5.41, 5.74) is 0. The van der Waals surface area contributed by atoms with Crippen LogP contribution in [0.1, 0.15) is 13.8 Å². The molecular weight excluding hydrogens is 396 g/mol. The van der Waals surface area contributed by atoms with Crippen LogP contribution in [0.3, 0.4) is 0 Å². The van der Waals surface area contributed by atoms with Gasteiger partial charge in [0.2, 0.25) is 34.8 Å². The molecular formula is C16H13F5NO4P. The second kappa shape index (κ2) is 8.06. The number of halogens is 5. The molecule has 0 aromatic heterocycles. The highest BCUT2D eigenvalue weighted by Crippen LogP contribution is 2.47. The number of carbonyl (C=O) groups is 1. The van der Waals surface area contributed by atoms with Crippen molar-refractivity contribution in [2.75, 3.05) is 0 Å². The number of Topliss-reactive ketones (excluding diaryl/α,β-unsaturated/α-hetero) is 1. The number of carbonyl (C=O) groups excluding carboxylic acids is 1. The Morgan fingerprint density at radius 3 is 1.89 bits per heavy atom. The lowest BCUT2D eigenvalue weighted by Gasteiger charge is -2.23. The third-order valence-electron chi connectivity index (χ3n) is 3.31. The van der Waals surface area contributed by atoms with Crippen molar-refractivity contribution in [1.82, 2.24) is 5.09 Å². The van der Waals surface area contributed by atoms with Gasteiger partial charge in [0.1, 0.15) is 11.5 Å². The highest BCUT2D eigenvalue weighted by Gasteiger charge is 2.37. The maximum absolute atomic E-state index is 13.9. The number of hydrogen-bond donors (Lipinski definition) is 1. The van der Waals surface area contributed by atoms with Crippen molar-refractivity contribution in [1.29, 1.82) is 0 Å². The van der Waals surface area contributed by atoms with Gasteiger partial charge in [0.15, 0.2) is 0 Å². The first-order valence-corrected chi connectivity index (χ1v) is 8.94. The van der Waals surface area contributed by atoms with Crippen LogP contribution in [0.4, 0.5) is 22.0 Å². The van der Waals surface area contributed by atoms with Crippen LogP contribution in [-0.4, -0.2) is 11.8 Å². The number of ketones is 1. The molecule has 0 amide bonds. The van der Waals surface area contributed by atoms with E-state index in [0.717, 1.165) is 6.92 Å². The molecule has 0 saturated heterocycles. The molecule has 146 valence electrons. The van der Waals surface area contributed by atoms with Gasteiger partial charge in [-0.1, -0.05) is 18.2 Å². The van der Waals surface area contributed by atoms with Gasteiger partial charge < -0.3 is 9.05 Å². The predicted octanol–water partition coefficient (Wildman–Crippen LogP) is 4.52. The van der Waals surface area contributed by atoms with Crippen LogP contribution < -0.4 is 14.1 Å². The number of rotatable bonds is 7. The molecule has 0 aliphatic heterocycles. The van der Waals surface area contributed by atoms with Gasteiger partial charge in [0, 0.05) is 0 Å². The molecule has 0 aliphatic carbocycles. The average Bonchev–Trinajstić information content (AvgIpc) is 2.62. The Hall–Kier alpha value is -2.45. The van der Waals surface area contributed by atoms with E-state index in [2.05, 4.69) is 9.61 Å². The summed E-state index contributed by atoms with van der Waals surface area (Å²) in [6, 6.07) is 5.93. The minimum Gasteiger partial charge on any atom is -0.405 e. The van der Waals surface area contributed by atoms with Crippen LogP contribution >= 0.6 is 7.75 Å². The number of benzene rings is 2. The van der Waals surface area contributed by atoms with Gasteiger partial charge in [-0.2, -0.15) is 13.9 Å². The monoisotopic (exact) mass is 409 g/mol. The summed E-state index contributed by atoms with van der Waals surface area (Å²) in [4.78, 5) is 11.4. The van der Waals surface area contributed by atoms with Gasteiger partial charge >= 0.3 is 7.75 Å². The van der Waals surface area contributed by atoms with Gasteiger partial charge in [-0.25, -0.2) is 17.7 Å². The summed E-state index contributed by atoms with van der Waals surface area (Å²) in [5, 5.41) is 2.09. The van der Waals surface area contributed by atoms with E-state index in [1.807, 2.05) is 0 Å². The first-order chi connectivity index (χ1) is 12.6. The van der Waals surface area contributed by atoms with Crippen molar-refractivity contribution in [2.24, 2.45) is 0 Å². The topological polar surface area (TPSA) is 64.6 Å². The minimum atomic E-state index is -4.79. The molecule has 1 N–H and O–H groups in total. The molecule has 2 rings (SSSR count). The van der Waals surface area contributed by atoms with Crippen molar-refractivity contribution >= 4 is 13.5 Å². The van der Waals surface area contributed by atoms with E-state index in [0.29, 0.717) is 0 Å². The summed E-state index contributed by atoms with van der Waals surface area (Å²) in [5.74, 6) is -14.1. The minimum absolute atomic E-state index is 0.104. The fourth-order valence-corrected chi connectivity index (χ4v) is 3.40. The molecule has 11 heteroatoms. The predicted molar refractivity (Wildman–Crippen MR) is 84.8 cm³/mol. The van der Waals surface area contributed by atoms with E-state index in [-0.39, 0.29) is 5.75 Å². The van der Waals surface area contributed by atoms with Crippen LogP contribution in [-0.2, 0) is 9.36 Å². The van der Waals surface area contributed by atoms with Crippen LogP contribution in [0.2, 0.25) is 0 Å². The molecule has 0 fully saturated rings. The van der Waals surface area contributed by atoms with Crippen LogP contribution in [0.25, 0.3) is 0 Å². The molecule has 27 heavy (non-hydrogen) atoms. The number of nitrogens with one attached hydrogen (secondary N) is 1. The van der Waals surface area contributed by atoms with Gasteiger partial charge in [-0.05, 0) is 26.0 Å². The Labute approximate surface area is 150 Å². The van der Waals surface area contributed by atoms with Crippen LogP contribution in [0.5, 0.6) is 11.5 Å². The summed E-state index contributed by atoms with van der Waals surface area (Å²) < 4.78 is 90.1. The van der Waals surface area contributed by atoms with Gasteiger partial charge in [0.05, 0.1) is 6.04 Å². The number of para-hydroxylation sites is 1. The summed E-state index contributed by atoms with van der Waals surface area (Å²) in [6.45, 7) is 2.36. The van der Waals surface area contributed by atoms with Crippen LogP contribution in [0.15, 0.2) is 30.3 Å². The summed E-state index contributed by atoms with van der Waals surface area (Å²) in [7, 11) is -4.79. The molecule has 0 spiro atoms. The largest absolute Gasteiger partial charge is 0.513 e. The smallest absolute Gasteiger partial charge is 0.405 e. The molecule has 5 nitrogen and oxygen atoms in total. The lowest BCUT2D eigenvalue weighted by molar-refractivity contribution is -0.118. The molecule has 0 saturated carbocycles. The SMILES string of the molecule is CC(=O)[C@H](C)N[P@](=O)(Oc1ccccc1)Oc1c(F)c(F)c(F)c(F)c1F. The van der Waals surface area contributed by atoms with E-state index in [9.17, 15) is 31.3 Å². The van der Waals surface area contributed by atoms with Gasteiger partial charge in [-0.3, -0.25) is 4.79 Å². The van der Waals surface area contributed by atoms with E-state index in [1.165, 1.54) is 31.2 Å². The quantitative estimate of drug-likeness (QED) is 0.316. The highest BCUT2D eigenvalue weighted by atomic mass is 31.2. The van der Waals surface area contributed by atoms with E-state index >= 15 is 0 Å². The zero-order chi connectivity index (χ0) is 20.4. The summed E-state index contributed by atoms with van der Waals surface area (Å²) >= 11 is 0. The fraction of sp³-hybridized carbons (Fsp3) is 0.188. The second-order valence-electron chi connectivity index (χ2n) is 5.35. The summed E-state index contributed by atoms with van der Waals surface area (Å²) in [6.07, 6.45) is 0. The maximum Gasteiger partial charge on any atom is 0.513 e. The zero-order valence-electron chi connectivity index (χ0n) is 13.9. The fourth-order valence-electron chi connectivity index (χ4n) is 1.80. The highest BCUT2D eigenvalue weighted by molar-refractivity contribution is 7.52. The Kier molecular flexibility index (Phi) is 6.22. The molecule has 2 aromatic carbocycles. The average molecular weight is 409 g/mol. The van der Waals surface area contributed by atoms with E-state index < -0.39 is 54.4 Å². The second-order valence-corrected chi connectivity index (χ2v) is 6.97. The molecule has 2 aromatic rings. The van der Waals surface area contributed by atoms with Crippen LogP contribution in [0, 0.1) is 29.1 Å². The first-order valence-electron chi connectivity index (χ1n) is 7.39. The Balaban J connectivity index is 2.49. The maximum atomic E-state index is 13.9. The lowest BCUT2D eigenvalue weighted by atomic mass is 10.3. The van der Waals surface area contributed by atoms with Crippen molar-refractivity contribution in [3.63, 3.8) is 0 Å². The molecule has 0 bridgehead atoms. The molecule has 0 aliphatic rings. The van der Waals surface area contributed by atoms with Crippen molar-refractivity contribution in [2.45, 2.75) is 19.9 Å². The third-order valence-corrected chi connectivity index (χ3v) is 4.89. The van der Waals surface area contributed by atoms with E-state index in [1.54, 1.807) is 6.07 Å². The molecule has 2 atom stereocenters. The van der Waals surface area contributed by atoms with E-state index in [4.69, 9.17) is 4.52 Å². The van der Waals surface area contributed by atoms with Gasteiger partial charge in [-0.15, -0.1) is 0 Å². The zero-order valence-corrected chi connectivity index (χ0v) is 14.8. The molecule has 0 unspecified atom stereocenters.